The topological polar surface area (TPSA) is 115 Å². The highest BCUT2D eigenvalue weighted by molar-refractivity contribution is 5.90. The first-order valence-electron chi connectivity index (χ1n) is 4.41. The van der Waals surface area contributed by atoms with E-state index in [2.05, 4.69) is 10.1 Å². The van der Waals surface area contributed by atoms with Gasteiger partial charge in [0, 0.05) is 14.1 Å². The molecule has 0 saturated heterocycles. The smallest absolute Gasteiger partial charge is 0.303 e. The normalized spacial score (nSPS) is 10.5. The van der Waals surface area contributed by atoms with Crippen LogP contribution in [0.1, 0.15) is 5.56 Å². The fourth-order valence-electron chi connectivity index (χ4n) is 1.05. The van der Waals surface area contributed by atoms with E-state index in [1.807, 2.05) is 0 Å². The molecule has 90 valence electrons. The molecule has 0 fully saturated rings. The number of hydrogen-bond acceptors (Lipinski definition) is 7. The molecule has 1 heterocycles. The molecule has 1 rings (SSSR count). The second-order valence-corrected chi connectivity index (χ2v) is 3.20. The third-order valence-corrected chi connectivity index (χ3v) is 1.76. The second kappa shape index (κ2) is 4.96. The highest BCUT2D eigenvalue weighted by atomic mass is 16.6. The number of pyridine rings is 1. The molecule has 17 heavy (non-hydrogen) atoms. The van der Waals surface area contributed by atoms with Crippen LogP contribution in [0.2, 0.25) is 0 Å². The molecule has 9 heteroatoms. The van der Waals surface area contributed by atoms with Crippen molar-refractivity contribution in [3.05, 3.63) is 38.2 Å². The summed E-state index contributed by atoms with van der Waals surface area (Å²) in [6, 6.07) is 0. The summed E-state index contributed by atoms with van der Waals surface area (Å²) < 4.78 is 0. The molecule has 0 unspecified atom stereocenters. The number of nitrogens with zero attached hydrogens (tertiary/aromatic N) is 5. The molecule has 1 aromatic rings. The highest BCUT2D eigenvalue weighted by Crippen LogP contribution is 2.24. The standard InChI is InChI=1S/C8H9N5O4/c1-11(2)10-3-6-7(12(14)15)4-9-5-8(6)13(16)17/h3-5H,1-2H3. The zero-order chi connectivity index (χ0) is 13.0. The van der Waals surface area contributed by atoms with Crippen molar-refractivity contribution >= 4 is 17.6 Å². The van der Waals surface area contributed by atoms with E-state index in [-0.39, 0.29) is 5.56 Å². The van der Waals surface area contributed by atoms with Crippen LogP contribution in [0.25, 0.3) is 0 Å². The minimum absolute atomic E-state index is 0.177. The second-order valence-electron chi connectivity index (χ2n) is 3.20. The molecule has 1 aromatic heterocycles. The van der Waals surface area contributed by atoms with Crippen LogP contribution < -0.4 is 0 Å². The van der Waals surface area contributed by atoms with Crippen molar-refractivity contribution in [3.8, 4) is 0 Å². The van der Waals surface area contributed by atoms with Crippen LogP contribution >= 0.6 is 0 Å². The average Bonchev–Trinajstić information content (AvgIpc) is 2.25. The van der Waals surface area contributed by atoms with Gasteiger partial charge in [0.25, 0.3) is 0 Å². The van der Waals surface area contributed by atoms with Crippen LogP contribution in [0.4, 0.5) is 11.4 Å². The molecular weight excluding hydrogens is 230 g/mol. The van der Waals surface area contributed by atoms with E-state index in [0.717, 1.165) is 18.6 Å². The molecule has 9 nitrogen and oxygen atoms in total. The summed E-state index contributed by atoms with van der Waals surface area (Å²) in [6.45, 7) is 0. The Balaban J connectivity index is 3.38. The monoisotopic (exact) mass is 239 g/mol. The Kier molecular flexibility index (Phi) is 3.65. The van der Waals surface area contributed by atoms with E-state index < -0.39 is 21.2 Å². The van der Waals surface area contributed by atoms with E-state index in [4.69, 9.17) is 0 Å². The Morgan fingerprint density at radius 1 is 1.24 bits per heavy atom. The van der Waals surface area contributed by atoms with Gasteiger partial charge in [0.15, 0.2) is 5.56 Å². The van der Waals surface area contributed by atoms with Gasteiger partial charge >= 0.3 is 11.4 Å². The van der Waals surface area contributed by atoms with E-state index >= 15 is 0 Å². The number of aromatic nitrogens is 1. The van der Waals surface area contributed by atoms with Gasteiger partial charge in [0.05, 0.1) is 16.1 Å². The lowest BCUT2D eigenvalue weighted by atomic mass is 10.2. The number of hydrogen-bond donors (Lipinski definition) is 0. The van der Waals surface area contributed by atoms with Crippen LogP contribution in [0.3, 0.4) is 0 Å². The molecule has 0 bridgehead atoms. The lowest BCUT2D eigenvalue weighted by Crippen LogP contribution is -2.05. The number of rotatable bonds is 4. The maximum absolute atomic E-state index is 10.7. The first-order chi connectivity index (χ1) is 7.93. The Morgan fingerprint density at radius 2 is 1.71 bits per heavy atom. The molecule has 0 atom stereocenters. The lowest BCUT2D eigenvalue weighted by molar-refractivity contribution is -0.394. The third kappa shape index (κ3) is 2.93. The summed E-state index contributed by atoms with van der Waals surface area (Å²) in [5.74, 6) is 0. The molecule has 0 amide bonds. The van der Waals surface area contributed by atoms with Crippen molar-refractivity contribution in [2.75, 3.05) is 14.1 Å². The molecule has 0 saturated carbocycles. The molecule has 0 aliphatic carbocycles. The van der Waals surface area contributed by atoms with Gasteiger partial charge in [0.2, 0.25) is 0 Å². The molecule has 0 aromatic carbocycles. The Bertz CT molecular complexity index is 453. The van der Waals surface area contributed by atoms with Crippen LogP contribution in [0.5, 0.6) is 0 Å². The van der Waals surface area contributed by atoms with Crippen molar-refractivity contribution in [3.63, 3.8) is 0 Å². The largest absolute Gasteiger partial charge is 0.303 e. The minimum Gasteiger partial charge on any atom is -0.303 e. The van der Waals surface area contributed by atoms with E-state index in [1.165, 1.54) is 5.01 Å². The van der Waals surface area contributed by atoms with Crippen molar-refractivity contribution < 1.29 is 9.85 Å². The molecule has 0 N–H and O–H groups in total. The Labute approximate surface area is 95.7 Å². The maximum Gasteiger partial charge on any atom is 0.303 e. The van der Waals surface area contributed by atoms with Crippen molar-refractivity contribution in [2.45, 2.75) is 0 Å². The minimum atomic E-state index is -0.739. The summed E-state index contributed by atoms with van der Waals surface area (Å²) in [4.78, 5) is 23.4. The van der Waals surface area contributed by atoms with E-state index in [0.29, 0.717) is 0 Å². The molecule has 0 spiro atoms. The number of nitro groups is 2. The Hall–Kier alpha value is -2.58. The van der Waals surface area contributed by atoms with Gasteiger partial charge in [-0.05, 0) is 0 Å². The van der Waals surface area contributed by atoms with Crippen molar-refractivity contribution in [2.24, 2.45) is 5.10 Å². The molecular formula is C8H9N5O4. The van der Waals surface area contributed by atoms with Crippen LogP contribution in [0.15, 0.2) is 17.5 Å². The molecule has 0 aliphatic heterocycles. The third-order valence-electron chi connectivity index (χ3n) is 1.76. The van der Waals surface area contributed by atoms with Gasteiger partial charge in [-0.2, -0.15) is 5.10 Å². The van der Waals surface area contributed by atoms with Gasteiger partial charge < -0.3 is 5.01 Å². The molecule has 0 radical (unpaired) electrons. The van der Waals surface area contributed by atoms with Crippen LogP contribution in [0, 0.1) is 20.2 Å². The van der Waals surface area contributed by atoms with Gasteiger partial charge in [-0.3, -0.25) is 25.2 Å². The lowest BCUT2D eigenvalue weighted by Gasteiger charge is -2.03. The summed E-state index contributed by atoms with van der Waals surface area (Å²) in [5, 5.41) is 26.5. The van der Waals surface area contributed by atoms with Gasteiger partial charge in [-0.15, -0.1) is 0 Å². The van der Waals surface area contributed by atoms with E-state index in [9.17, 15) is 20.2 Å². The Morgan fingerprint density at radius 3 is 2.06 bits per heavy atom. The van der Waals surface area contributed by atoms with Crippen molar-refractivity contribution in [1.82, 2.24) is 9.99 Å². The predicted molar refractivity (Wildman–Crippen MR) is 58.8 cm³/mol. The quantitative estimate of drug-likeness (QED) is 0.435. The highest BCUT2D eigenvalue weighted by Gasteiger charge is 2.24. The van der Waals surface area contributed by atoms with Crippen molar-refractivity contribution in [1.29, 1.82) is 0 Å². The first-order valence-corrected chi connectivity index (χ1v) is 4.41. The maximum atomic E-state index is 10.7. The predicted octanol–water partition coefficient (Wildman–Crippen LogP) is 0.793. The zero-order valence-electron chi connectivity index (χ0n) is 9.10. The van der Waals surface area contributed by atoms with Crippen LogP contribution in [-0.4, -0.2) is 40.1 Å². The van der Waals surface area contributed by atoms with Crippen LogP contribution in [-0.2, 0) is 0 Å². The fraction of sp³-hybridized carbons (Fsp3) is 0.250. The van der Waals surface area contributed by atoms with Gasteiger partial charge in [0.1, 0.15) is 12.4 Å². The fourth-order valence-corrected chi connectivity index (χ4v) is 1.05. The summed E-state index contributed by atoms with van der Waals surface area (Å²) in [5.41, 5.74) is -1.08. The number of hydrazone groups is 1. The molecule has 0 aliphatic rings. The zero-order valence-corrected chi connectivity index (χ0v) is 9.10. The summed E-state index contributed by atoms with van der Waals surface area (Å²) >= 11 is 0. The SMILES string of the molecule is CN(C)N=Cc1c([N+](=O)[O-])cncc1[N+](=O)[O-]. The summed E-state index contributed by atoms with van der Waals surface area (Å²) in [6.07, 6.45) is 2.96. The summed E-state index contributed by atoms with van der Waals surface area (Å²) in [7, 11) is 3.19. The first kappa shape index (κ1) is 12.5. The average molecular weight is 239 g/mol. The van der Waals surface area contributed by atoms with Gasteiger partial charge in [-0.25, -0.2) is 0 Å². The van der Waals surface area contributed by atoms with Gasteiger partial charge in [-0.1, -0.05) is 0 Å². The van der Waals surface area contributed by atoms with E-state index in [1.54, 1.807) is 14.1 Å².